The fourth-order valence-electron chi connectivity index (χ4n) is 4.79. The molecule has 0 unspecified atom stereocenters. The van der Waals surface area contributed by atoms with Gasteiger partial charge in [-0.05, 0) is 18.6 Å². The van der Waals surface area contributed by atoms with Gasteiger partial charge >= 0.3 is 12.1 Å². The number of hydrogen-bond acceptors (Lipinski definition) is 7. The van der Waals surface area contributed by atoms with Crippen molar-refractivity contribution in [2.24, 2.45) is 11.8 Å². The fraction of sp³-hybridized carbons (Fsp3) is 0.381. The molecule has 0 bridgehead atoms. The number of hydrogen-bond donors (Lipinski definition) is 1. The second kappa shape index (κ2) is 6.95. The van der Waals surface area contributed by atoms with Crippen molar-refractivity contribution in [2.45, 2.75) is 12.3 Å². The number of imide groups is 4. The molecule has 0 aliphatic carbocycles. The molecule has 0 radical (unpaired) electrons. The van der Waals surface area contributed by atoms with E-state index in [0.29, 0.717) is 25.2 Å². The Morgan fingerprint density at radius 2 is 1.09 bits per heavy atom. The molecule has 1 N–H and O–H groups in total. The molecule has 12 heteroatoms. The van der Waals surface area contributed by atoms with Gasteiger partial charge in [-0.25, -0.2) is 9.59 Å². The molecule has 9 amide bonds. The minimum atomic E-state index is -2.32. The van der Waals surface area contributed by atoms with Gasteiger partial charge in [0.1, 0.15) is 17.3 Å². The summed E-state index contributed by atoms with van der Waals surface area (Å²) in [6.45, 7) is 1.70. The number of nitrogens with zero attached hydrogens (tertiary/aromatic N) is 4. The van der Waals surface area contributed by atoms with E-state index in [4.69, 9.17) is 0 Å². The SMILES string of the molecule is Cc1ccc2c(c1)C(C1C(=O)N(C)C(=O)N(C)C1=O)(C1C(=O)N(C)C(=O)N(C)C1=O)C(=O)N2. The number of benzene rings is 1. The van der Waals surface area contributed by atoms with Gasteiger partial charge in [-0.3, -0.25) is 43.6 Å². The lowest BCUT2D eigenvalue weighted by molar-refractivity contribution is -0.163. The van der Waals surface area contributed by atoms with Gasteiger partial charge < -0.3 is 5.32 Å². The first kappa shape index (κ1) is 22.1. The fourth-order valence-corrected chi connectivity index (χ4v) is 4.79. The average molecular weight is 455 g/mol. The van der Waals surface area contributed by atoms with E-state index in [-0.39, 0.29) is 11.3 Å². The van der Waals surface area contributed by atoms with Crippen molar-refractivity contribution >= 4 is 47.3 Å². The highest BCUT2D eigenvalue weighted by atomic mass is 16.2. The van der Waals surface area contributed by atoms with Crippen LogP contribution in [-0.2, 0) is 29.4 Å². The lowest BCUT2D eigenvalue weighted by Gasteiger charge is -2.46. The Morgan fingerprint density at radius 3 is 1.48 bits per heavy atom. The molecule has 12 nitrogen and oxygen atoms in total. The van der Waals surface area contributed by atoms with E-state index in [9.17, 15) is 33.6 Å². The summed E-state index contributed by atoms with van der Waals surface area (Å²) in [4.78, 5) is 94.5. The predicted molar refractivity (Wildman–Crippen MR) is 110 cm³/mol. The quantitative estimate of drug-likeness (QED) is 0.593. The van der Waals surface area contributed by atoms with Crippen LogP contribution in [-0.4, -0.2) is 89.4 Å². The minimum absolute atomic E-state index is 0.0956. The van der Waals surface area contributed by atoms with Crippen LogP contribution in [0, 0.1) is 18.8 Å². The summed E-state index contributed by atoms with van der Waals surface area (Å²) in [7, 11) is 4.57. The topological polar surface area (TPSA) is 144 Å². The maximum absolute atomic E-state index is 13.7. The Morgan fingerprint density at radius 1 is 0.697 bits per heavy atom. The molecule has 3 aliphatic heterocycles. The molecule has 172 valence electrons. The summed E-state index contributed by atoms with van der Waals surface area (Å²) >= 11 is 0. The molecule has 4 rings (SSSR count). The van der Waals surface area contributed by atoms with E-state index >= 15 is 0 Å². The monoisotopic (exact) mass is 455 g/mol. The smallest absolute Gasteiger partial charge is 0.325 e. The summed E-state index contributed by atoms with van der Waals surface area (Å²) in [5, 5.41) is 2.58. The number of fused-ring (bicyclic) bond motifs is 1. The largest absolute Gasteiger partial charge is 0.332 e. The average Bonchev–Trinajstić information content (AvgIpc) is 3.05. The molecule has 33 heavy (non-hydrogen) atoms. The molecular formula is C21H21N5O7. The van der Waals surface area contributed by atoms with Crippen molar-refractivity contribution in [3.05, 3.63) is 29.3 Å². The number of anilines is 1. The molecule has 2 saturated heterocycles. The standard InChI is InChI=1S/C21H21N5O7/c1-9-6-7-11-10(8-9)21(18(31)22-11,12-14(27)23(2)19(32)24(3)15(12)28)13-16(29)25(4)20(33)26(5)17(13)30/h6-8,12-13H,1-5H3,(H,22,31). The minimum Gasteiger partial charge on any atom is -0.325 e. The van der Waals surface area contributed by atoms with Gasteiger partial charge in [-0.15, -0.1) is 0 Å². The Hall–Kier alpha value is -4.09. The van der Waals surface area contributed by atoms with Crippen LogP contribution in [0.1, 0.15) is 11.1 Å². The summed E-state index contributed by atoms with van der Waals surface area (Å²) in [5.74, 6) is -8.85. The molecule has 3 heterocycles. The summed E-state index contributed by atoms with van der Waals surface area (Å²) in [6.07, 6.45) is 0. The van der Waals surface area contributed by atoms with Crippen LogP contribution in [0.4, 0.5) is 15.3 Å². The van der Waals surface area contributed by atoms with Gasteiger partial charge in [0, 0.05) is 33.9 Å². The van der Waals surface area contributed by atoms with E-state index < -0.39 is 58.8 Å². The van der Waals surface area contributed by atoms with Gasteiger partial charge in [0.15, 0.2) is 0 Å². The van der Waals surface area contributed by atoms with Gasteiger partial charge in [0.25, 0.3) is 0 Å². The van der Waals surface area contributed by atoms with E-state index in [1.807, 2.05) is 0 Å². The molecule has 2 fully saturated rings. The zero-order chi connectivity index (χ0) is 24.6. The zero-order valence-electron chi connectivity index (χ0n) is 18.5. The Kier molecular flexibility index (Phi) is 4.66. The molecule has 0 aromatic heterocycles. The lowest BCUT2D eigenvalue weighted by atomic mass is 9.60. The number of amides is 9. The van der Waals surface area contributed by atoms with E-state index in [0.717, 1.165) is 28.2 Å². The molecule has 3 aliphatic rings. The second-order valence-electron chi connectivity index (χ2n) is 8.39. The Labute approximate surface area is 188 Å². The zero-order valence-corrected chi connectivity index (χ0v) is 18.5. The molecule has 0 saturated carbocycles. The summed E-state index contributed by atoms with van der Waals surface area (Å²) < 4.78 is 0. The van der Waals surface area contributed by atoms with Crippen LogP contribution in [0.15, 0.2) is 18.2 Å². The molecule has 1 aromatic carbocycles. The number of barbiturate groups is 2. The van der Waals surface area contributed by atoms with E-state index in [1.165, 1.54) is 12.1 Å². The van der Waals surface area contributed by atoms with Gasteiger partial charge in [-0.1, -0.05) is 17.7 Å². The Balaban J connectivity index is 2.09. The van der Waals surface area contributed by atoms with Crippen LogP contribution in [0.3, 0.4) is 0 Å². The van der Waals surface area contributed by atoms with Crippen LogP contribution in [0.25, 0.3) is 0 Å². The summed E-state index contributed by atoms with van der Waals surface area (Å²) in [5.41, 5.74) is -1.37. The van der Waals surface area contributed by atoms with Crippen molar-refractivity contribution in [1.82, 2.24) is 19.6 Å². The van der Waals surface area contributed by atoms with E-state index in [2.05, 4.69) is 5.32 Å². The highest BCUT2D eigenvalue weighted by Crippen LogP contribution is 2.52. The van der Waals surface area contributed by atoms with Gasteiger partial charge in [0.05, 0.1) is 0 Å². The van der Waals surface area contributed by atoms with E-state index in [1.54, 1.807) is 13.0 Å². The lowest BCUT2D eigenvalue weighted by Crippen LogP contribution is -2.71. The number of carbonyl (C=O) groups excluding carboxylic acids is 7. The number of carbonyl (C=O) groups is 7. The molecular weight excluding hydrogens is 434 g/mol. The number of rotatable bonds is 2. The highest BCUT2D eigenvalue weighted by Gasteiger charge is 2.70. The normalized spacial score (nSPS) is 21.9. The number of aryl methyl sites for hydroxylation is 1. The van der Waals surface area contributed by atoms with Crippen LogP contribution >= 0.6 is 0 Å². The van der Waals surface area contributed by atoms with Crippen LogP contribution in [0.5, 0.6) is 0 Å². The predicted octanol–water partition coefficient (Wildman–Crippen LogP) is -0.482. The van der Waals surface area contributed by atoms with Crippen molar-refractivity contribution in [3.63, 3.8) is 0 Å². The van der Waals surface area contributed by atoms with Crippen molar-refractivity contribution in [2.75, 3.05) is 33.5 Å². The van der Waals surface area contributed by atoms with Gasteiger partial charge in [0.2, 0.25) is 29.5 Å². The third-order valence-corrected chi connectivity index (χ3v) is 6.61. The number of nitrogens with one attached hydrogen (secondary N) is 1. The first-order valence-corrected chi connectivity index (χ1v) is 9.98. The Bertz CT molecular complexity index is 1090. The molecule has 0 spiro atoms. The first-order chi connectivity index (χ1) is 15.4. The van der Waals surface area contributed by atoms with Crippen molar-refractivity contribution < 1.29 is 33.6 Å². The van der Waals surface area contributed by atoms with Crippen molar-refractivity contribution in [3.8, 4) is 0 Å². The first-order valence-electron chi connectivity index (χ1n) is 9.98. The highest BCUT2D eigenvalue weighted by molar-refractivity contribution is 6.27. The molecule has 0 atom stereocenters. The summed E-state index contributed by atoms with van der Waals surface area (Å²) in [6, 6.07) is 2.90. The third-order valence-electron chi connectivity index (χ3n) is 6.61. The molecule has 1 aromatic rings. The van der Waals surface area contributed by atoms with Gasteiger partial charge in [-0.2, -0.15) is 0 Å². The van der Waals surface area contributed by atoms with Crippen LogP contribution < -0.4 is 5.32 Å². The van der Waals surface area contributed by atoms with Crippen LogP contribution in [0.2, 0.25) is 0 Å². The maximum atomic E-state index is 13.7. The maximum Gasteiger partial charge on any atom is 0.332 e. The third kappa shape index (κ3) is 2.60. The van der Waals surface area contributed by atoms with Crippen molar-refractivity contribution in [1.29, 1.82) is 0 Å². The second-order valence-corrected chi connectivity index (χ2v) is 8.39. The number of urea groups is 2.